The molecule has 1 amide bonds. The summed E-state index contributed by atoms with van der Waals surface area (Å²) in [4.78, 5) is 23.8. The molecular weight excluding hydrogens is 404 g/mol. The van der Waals surface area contributed by atoms with Gasteiger partial charge in [-0.05, 0) is 68.7 Å². The Morgan fingerprint density at radius 2 is 1.70 bits per heavy atom. The molecule has 1 saturated heterocycles. The van der Waals surface area contributed by atoms with E-state index in [-0.39, 0.29) is 17.3 Å². The van der Waals surface area contributed by atoms with Crippen LogP contribution in [0.3, 0.4) is 0 Å². The van der Waals surface area contributed by atoms with Crippen molar-refractivity contribution in [3.63, 3.8) is 0 Å². The van der Waals surface area contributed by atoms with E-state index in [0.29, 0.717) is 35.7 Å². The molecule has 3 rings (SSSR count). The highest BCUT2D eigenvalue weighted by Crippen LogP contribution is 2.26. The Balaban J connectivity index is 1.65. The fourth-order valence-electron chi connectivity index (χ4n) is 3.33. The second kappa shape index (κ2) is 9.40. The highest BCUT2D eigenvalue weighted by molar-refractivity contribution is 7.89. The predicted molar refractivity (Wildman–Crippen MR) is 114 cm³/mol. The summed E-state index contributed by atoms with van der Waals surface area (Å²) in [6.07, 6.45) is 2.76. The summed E-state index contributed by atoms with van der Waals surface area (Å²) in [5.41, 5.74) is 1.60. The second-order valence-corrected chi connectivity index (χ2v) is 9.27. The van der Waals surface area contributed by atoms with Gasteiger partial charge < -0.3 is 10.1 Å². The summed E-state index contributed by atoms with van der Waals surface area (Å²) in [5, 5.41) is 2.68. The van der Waals surface area contributed by atoms with Gasteiger partial charge in [0.15, 0.2) is 12.4 Å². The van der Waals surface area contributed by atoms with E-state index in [1.165, 1.54) is 17.3 Å². The molecule has 2 aromatic carbocycles. The summed E-state index contributed by atoms with van der Waals surface area (Å²) < 4.78 is 32.9. The molecule has 0 aliphatic carbocycles. The minimum absolute atomic E-state index is 0.0472. The number of aryl methyl sites for hydroxylation is 1. The van der Waals surface area contributed by atoms with Crippen LogP contribution in [0, 0.1) is 6.92 Å². The molecule has 8 heteroatoms. The number of benzene rings is 2. The number of ether oxygens (including phenoxy) is 1. The van der Waals surface area contributed by atoms with Crippen LogP contribution in [-0.4, -0.2) is 44.1 Å². The average Bonchev–Trinajstić information content (AvgIpc) is 2.74. The zero-order valence-electron chi connectivity index (χ0n) is 17.2. The number of rotatable bonds is 7. The summed E-state index contributed by atoms with van der Waals surface area (Å²) >= 11 is 0. The number of carbonyl (C=O) groups is 2. The van der Waals surface area contributed by atoms with Crippen LogP contribution in [0.25, 0.3) is 0 Å². The van der Waals surface area contributed by atoms with E-state index in [9.17, 15) is 18.0 Å². The summed E-state index contributed by atoms with van der Waals surface area (Å²) in [5.74, 6) is 0.0113. The first-order valence-electron chi connectivity index (χ1n) is 9.92. The predicted octanol–water partition coefficient (Wildman–Crippen LogP) is 3.39. The fourth-order valence-corrected chi connectivity index (χ4v) is 5.10. The zero-order chi connectivity index (χ0) is 21.7. The Bertz CT molecular complexity index is 1030. The molecule has 0 aromatic heterocycles. The highest BCUT2D eigenvalue weighted by Gasteiger charge is 2.27. The van der Waals surface area contributed by atoms with Crippen molar-refractivity contribution >= 4 is 27.4 Å². The van der Waals surface area contributed by atoms with Crippen molar-refractivity contribution in [1.82, 2.24) is 4.31 Å². The van der Waals surface area contributed by atoms with E-state index in [1.807, 2.05) is 0 Å². The second-order valence-electron chi connectivity index (χ2n) is 7.36. The van der Waals surface area contributed by atoms with E-state index in [1.54, 1.807) is 43.3 Å². The first-order valence-corrected chi connectivity index (χ1v) is 11.4. The number of nitrogens with zero attached hydrogens (tertiary/aromatic N) is 1. The molecule has 0 unspecified atom stereocenters. The molecule has 1 N–H and O–H groups in total. The van der Waals surface area contributed by atoms with Gasteiger partial charge in [-0.1, -0.05) is 12.5 Å². The van der Waals surface area contributed by atoms with E-state index in [4.69, 9.17) is 4.74 Å². The Hall–Kier alpha value is -2.71. The molecule has 160 valence electrons. The molecule has 1 fully saturated rings. The maximum atomic E-state index is 13.0. The summed E-state index contributed by atoms with van der Waals surface area (Å²) in [6, 6.07) is 11.4. The van der Waals surface area contributed by atoms with Gasteiger partial charge in [-0.2, -0.15) is 4.31 Å². The van der Waals surface area contributed by atoms with Crippen LogP contribution >= 0.6 is 0 Å². The quantitative estimate of drug-likeness (QED) is 0.680. The zero-order valence-corrected chi connectivity index (χ0v) is 18.0. The molecule has 1 aliphatic heterocycles. The maximum Gasteiger partial charge on any atom is 0.262 e. The monoisotopic (exact) mass is 430 g/mol. The van der Waals surface area contributed by atoms with E-state index in [0.717, 1.165) is 19.3 Å². The number of carbonyl (C=O) groups excluding carboxylic acids is 2. The largest absolute Gasteiger partial charge is 0.484 e. The van der Waals surface area contributed by atoms with Crippen LogP contribution in [0.4, 0.5) is 5.69 Å². The van der Waals surface area contributed by atoms with Gasteiger partial charge in [-0.25, -0.2) is 8.42 Å². The Labute approximate surface area is 177 Å². The normalized spacial score (nSPS) is 14.9. The molecule has 1 heterocycles. The van der Waals surface area contributed by atoms with Crippen LogP contribution in [0.1, 0.15) is 42.1 Å². The number of hydrogen-bond acceptors (Lipinski definition) is 5. The number of piperidine rings is 1. The minimum Gasteiger partial charge on any atom is -0.484 e. The molecule has 0 bridgehead atoms. The Morgan fingerprint density at radius 3 is 2.33 bits per heavy atom. The maximum absolute atomic E-state index is 13.0. The number of nitrogens with one attached hydrogen (secondary N) is 1. The van der Waals surface area contributed by atoms with Crippen molar-refractivity contribution in [2.24, 2.45) is 0 Å². The lowest BCUT2D eigenvalue weighted by Crippen LogP contribution is -2.36. The van der Waals surface area contributed by atoms with Gasteiger partial charge in [0.25, 0.3) is 5.91 Å². The van der Waals surface area contributed by atoms with Crippen molar-refractivity contribution in [1.29, 1.82) is 0 Å². The van der Waals surface area contributed by atoms with Crippen LogP contribution in [-0.2, 0) is 14.8 Å². The molecule has 30 heavy (non-hydrogen) atoms. The van der Waals surface area contributed by atoms with Gasteiger partial charge in [0.1, 0.15) is 5.75 Å². The van der Waals surface area contributed by atoms with Crippen molar-refractivity contribution in [3.05, 3.63) is 53.6 Å². The molecule has 0 spiro atoms. The number of amides is 1. The van der Waals surface area contributed by atoms with Crippen molar-refractivity contribution < 1.29 is 22.7 Å². The molecule has 7 nitrogen and oxygen atoms in total. The summed E-state index contributed by atoms with van der Waals surface area (Å²) in [6.45, 7) is 4.03. The van der Waals surface area contributed by atoms with E-state index in [2.05, 4.69) is 5.32 Å². The first-order chi connectivity index (χ1) is 14.3. The van der Waals surface area contributed by atoms with Crippen molar-refractivity contribution in [2.75, 3.05) is 25.0 Å². The van der Waals surface area contributed by atoms with Crippen LogP contribution < -0.4 is 10.1 Å². The van der Waals surface area contributed by atoms with Gasteiger partial charge in [0, 0.05) is 24.3 Å². The van der Waals surface area contributed by atoms with Gasteiger partial charge in [-0.15, -0.1) is 0 Å². The van der Waals surface area contributed by atoms with Crippen molar-refractivity contribution in [3.8, 4) is 5.75 Å². The van der Waals surface area contributed by atoms with Crippen molar-refractivity contribution in [2.45, 2.75) is 38.0 Å². The molecular formula is C22H26N2O5S. The molecule has 1 aliphatic rings. The fraction of sp³-hybridized carbons (Fsp3) is 0.364. The standard InChI is InChI=1S/C22H26N2O5S/c1-16-6-9-19(14-21(16)30(27,28)24-12-4-3-5-13-24)23-22(26)15-29-20-10-7-18(8-11-20)17(2)25/h6-11,14H,3-5,12-13,15H2,1-2H3,(H,23,26). The summed E-state index contributed by atoms with van der Waals surface area (Å²) in [7, 11) is -3.59. The van der Waals surface area contributed by atoms with Gasteiger partial charge in [-0.3, -0.25) is 9.59 Å². The number of anilines is 1. The Kier molecular flexibility index (Phi) is 6.89. The lowest BCUT2D eigenvalue weighted by molar-refractivity contribution is -0.118. The number of hydrogen-bond donors (Lipinski definition) is 1. The first kappa shape index (κ1) is 22.0. The Morgan fingerprint density at radius 1 is 1.03 bits per heavy atom. The van der Waals surface area contributed by atoms with E-state index >= 15 is 0 Å². The third-order valence-electron chi connectivity index (χ3n) is 5.04. The number of Topliss-reactive ketones (excluding diaryl/α,β-unsaturated/α-hetero) is 1. The molecule has 2 aromatic rings. The third-order valence-corrected chi connectivity index (χ3v) is 7.08. The lowest BCUT2D eigenvalue weighted by Gasteiger charge is -2.26. The van der Waals surface area contributed by atoms with Crippen LogP contribution in [0.2, 0.25) is 0 Å². The van der Waals surface area contributed by atoms with Gasteiger partial charge in [0.2, 0.25) is 10.0 Å². The number of sulfonamides is 1. The molecule has 0 saturated carbocycles. The highest BCUT2D eigenvalue weighted by atomic mass is 32.2. The molecule has 0 radical (unpaired) electrons. The van der Waals surface area contributed by atoms with E-state index < -0.39 is 15.9 Å². The topological polar surface area (TPSA) is 92.8 Å². The minimum atomic E-state index is -3.59. The average molecular weight is 431 g/mol. The SMILES string of the molecule is CC(=O)c1ccc(OCC(=O)Nc2ccc(C)c(S(=O)(=O)N3CCCCC3)c2)cc1. The van der Waals surface area contributed by atoms with Gasteiger partial charge >= 0.3 is 0 Å². The molecule has 0 atom stereocenters. The van der Waals surface area contributed by atoms with Gasteiger partial charge in [0.05, 0.1) is 4.90 Å². The lowest BCUT2D eigenvalue weighted by atomic mass is 10.1. The smallest absolute Gasteiger partial charge is 0.262 e. The number of ketones is 1. The van der Waals surface area contributed by atoms with Crippen LogP contribution in [0.5, 0.6) is 5.75 Å². The third kappa shape index (κ3) is 5.25. The van der Waals surface area contributed by atoms with Crippen LogP contribution in [0.15, 0.2) is 47.4 Å².